The maximum atomic E-state index is 6.02. The van der Waals surface area contributed by atoms with Crippen molar-refractivity contribution in [1.82, 2.24) is 20.0 Å². The van der Waals surface area contributed by atoms with E-state index in [1.807, 2.05) is 51.7 Å². The number of hydrogen-bond acceptors (Lipinski definition) is 5. The minimum absolute atomic E-state index is 0.151. The molecule has 2 rings (SSSR count). The van der Waals surface area contributed by atoms with Gasteiger partial charge in [0.05, 0.1) is 33.0 Å². The number of methoxy groups -OCH3 is 2. The topological polar surface area (TPSA) is 89.9 Å². The van der Waals surface area contributed by atoms with Gasteiger partial charge in [-0.25, -0.2) is 4.99 Å². The predicted octanol–water partition coefficient (Wildman–Crippen LogP) is 1.14. The Bertz CT molecular complexity index is 741. The highest BCUT2D eigenvalue weighted by Crippen LogP contribution is 2.27. The Balaban J connectivity index is 1.97. The van der Waals surface area contributed by atoms with Crippen molar-refractivity contribution in [2.24, 2.45) is 17.8 Å². The third kappa shape index (κ3) is 5.13. The van der Waals surface area contributed by atoms with Gasteiger partial charge < -0.3 is 25.4 Å². The number of nitrogens with one attached hydrogen (secondary N) is 1. The van der Waals surface area contributed by atoms with Crippen molar-refractivity contribution in [3.05, 3.63) is 41.7 Å². The molecule has 8 nitrogen and oxygen atoms in total. The van der Waals surface area contributed by atoms with Crippen molar-refractivity contribution in [3.8, 4) is 11.5 Å². The molecule has 8 heteroatoms. The number of ether oxygens (including phenoxy) is 2. The Morgan fingerprint density at radius 3 is 2.62 bits per heavy atom. The van der Waals surface area contributed by atoms with Crippen LogP contribution in [0.1, 0.15) is 17.2 Å². The third-order valence-corrected chi connectivity index (χ3v) is 4.09. The fourth-order valence-electron chi connectivity index (χ4n) is 2.62. The number of benzene rings is 1. The number of guanidine groups is 1. The Kier molecular flexibility index (Phi) is 6.85. The van der Waals surface area contributed by atoms with Crippen LogP contribution in [0.3, 0.4) is 0 Å². The number of aryl methyl sites for hydroxylation is 1. The average Bonchev–Trinajstić information content (AvgIpc) is 3.05. The summed E-state index contributed by atoms with van der Waals surface area (Å²) in [6.45, 7) is 1.10. The molecule has 1 aromatic heterocycles. The van der Waals surface area contributed by atoms with Crippen molar-refractivity contribution in [3.63, 3.8) is 0 Å². The average molecular weight is 360 g/mol. The van der Waals surface area contributed by atoms with Crippen LogP contribution in [0.25, 0.3) is 0 Å². The molecule has 1 aromatic carbocycles. The second kappa shape index (κ2) is 9.10. The molecule has 3 N–H and O–H groups in total. The van der Waals surface area contributed by atoms with Gasteiger partial charge in [0.1, 0.15) is 0 Å². The lowest BCUT2D eigenvalue weighted by atomic mass is 10.1. The summed E-state index contributed by atoms with van der Waals surface area (Å²) in [6, 6.07) is 5.85. The molecular weight excluding hydrogens is 332 g/mol. The van der Waals surface area contributed by atoms with Gasteiger partial charge in [-0.05, 0) is 31.8 Å². The first-order valence-corrected chi connectivity index (χ1v) is 8.34. The van der Waals surface area contributed by atoms with Crippen LogP contribution >= 0.6 is 0 Å². The van der Waals surface area contributed by atoms with Crippen molar-refractivity contribution in [1.29, 1.82) is 0 Å². The maximum Gasteiger partial charge on any atom is 0.188 e. The van der Waals surface area contributed by atoms with E-state index < -0.39 is 0 Å². The summed E-state index contributed by atoms with van der Waals surface area (Å²) in [5, 5.41) is 7.42. The number of rotatable bonds is 8. The lowest BCUT2D eigenvalue weighted by molar-refractivity contribution is 0.298. The minimum atomic E-state index is 0.151. The fourth-order valence-corrected chi connectivity index (χ4v) is 2.62. The van der Waals surface area contributed by atoms with Crippen LogP contribution in [-0.2, 0) is 13.6 Å². The first kappa shape index (κ1) is 19.6. The SMILES string of the molecule is COc1ccc(CN=C(N)NCC(c2cnn(C)c2)N(C)C)cc1OC. The first-order chi connectivity index (χ1) is 12.4. The fraction of sp³-hybridized carbons (Fsp3) is 0.444. The van der Waals surface area contributed by atoms with E-state index in [2.05, 4.69) is 20.3 Å². The molecule has 0 fully saturated rings. The lowest BCUT2D eigenvalue weighted by Crippen LogP contribution is -2.38. The number of aliphatic imine (C=N–C) groups is 1. The Hall–Kier alpha value is -2.74. The molecule has 0 radical (unpaired) electrons. The zero-order valence-corrected chi connectivity index (χ0v) is 16.1. The van der Waals surface area contributed by atoms with Gasteiger partial charge >= 0.3 is 0 Å². The van der Waals surface area contributed by atoms with Crippen molar-refractivity contribution in [2.75, 3.05) is 34.9 Å². The molecule has 0 amide bonds. The number of hydrogen-bond donors (Lipinski definition) is 2. The van der Waals surface area contributed by atoms with E-state index >= 15 is 0 Å². The van der Waals surface area contributed by atoms with E-state index in [9.17, 15) is 0 Å². The van der Waals surface area contributed by atoms with Gasteiger partial charge in [0.15, 0.2) is 17.5 Å². The quantitative estimate of drug-likeness (QED) is 0.542. The third-order valence-electron chi connectivity index (χ3n) is 4.09. The predicted molar refractivity (Wildman–Crippen MR) is 103 cm³/mol. The van der Waals surface area contributed by atoms with Crippen LogP contribution in [0.2, 0.25) is 0 Å². The molecule has 0 saturated heterocycles. The van der Waals surface area contributed by atoms with Gasteiger partial charge in [-0.2, -0.15) is 5.10 Å². The molecule has 0 spiro atoms. The molecule has 26 heavy (non-hydrogen) atoms. The molecule has 1 unspecified atom stereocenters. The molecule has 2 aromatic rings. The lowest BCUT2D eigenvalue weighted by Gasteiger charge is -2.23. The summed E-state index contributed by atoms with van der Waals surface area (Å²) in [4.78, 5) is 6.52. The summed E-state index contributed by atoms with van der Waals surface area (Å²) in [5.74, 6) is 1.77. The Morgan fingerprint density at radius 2 is 2.04 bits per heavy atom. The van der Waals surface area contributed by atoms with Crippen LogP contribution in [0.5, 0.6) is 11.5 Å². The molecular formula is C18H28N6O2. The van der Waals surface area contributed by atoms with Gasteiger partial charge in [-0.1, -0.05) is 6.07 Å². The maximum absolute atomic E-state index is 6.02. The molecule has 0 aliphatic rings. The van der Waals surface area contributed by atoms with Crippen LogP contribution in [0.15, 0.2) is 35.6 Å². The van der Waals surface area contributed by atoms with E-state index in [0.29, 0.717) is 30.5 Å². The Morgan fingerprint density at radius 1 is 1.31 bits per heavy atom. The van der Waals surface area contributed by atoms with Crippen LogP contribution in [-0.4, -0.2) is 55.5 Å². The zero-order chi connectivity index (χ0) is 19.1. The molecule has 0 saturated carbocycles. The van der Waals surface area contributed by atoms with E-state index in [4.69, 9.17) is 15.2 Å². The number of aromatic nitrogens is 2. The summed E-state index contributed by atoms with van der Waals surface area (Å²) in [6.07, 6.45) is 3.87. The summed E-state index contributed by atoms with van der Waals surface area (Å²) in [7, 11) is 9.18. The van der Waals surface area contributed by atoms with E-state index in [0.717, 1.165) is 11.1 Å². The smallest absolute Gasteiger partial charge is 0.188 e. The number of nitrogens with zero attached hydrogens (tertiary/aromatic N) is 4. The molecule has 1 heterocycles. The summed E-state index contributed by atoms with van der Waals surface area (Å²) < 4.78 is 12.3. The minimum Gasteiger partial charge on any atom is -0.493 e. The van der Waals surface area contributed by atoms with Gasteiger partial charge in [0, 0.05) is 25.4 Å². The number of likely N-dealkylation sites (N-methyl/N-ethyl adjacent to an activating group) is 1. The highest BCUT2D eigenvalue weighted by molar-refractivity contribution is 5.77. The second-order valence-corrected chi connectivity index (χ2v) is 6.20. The van der Waals surface area contributed by atoms with Gasteiger partial charge in [0.25, 0.3) is 0 Å². The molecule has 0 aliphatic carbocycles. The van der Waals surface area contributed by atoms with E-state index in [1.165, 1.54) is 0 Å². The van der Waals surface area contributed by atoms with E-state index in [-0.39, 0.29) is 6.04 Å². The summed E-state index contributed by atoms with van der Waals surface area (Å²) in [5.41, 5.74) is 8.14. The molecule has 0 bridgehead atoms. The zero-order valence-electron chi connectivity index (χ0n) is 16.1. The van der Waals surface area contributed by atoms with Gasteiger partial charge in [-0.15, -0.1) is 0 Å². The van der Waals surface area contributed by atoms with Crippen LogP contribution < -0.4 is 20.5 Å². The van der Waals surface area contributed by atoms with Gasteiger partial charge in [-0.3, -0.25) is 4.68 Å². The normalized spacial score (nSPS) is 12.9. The van der Waals surface area contributed by atoms with Crippen molar-refractivity contribution >= 4 is 5.96 Å². The van der Waals surface area contributed by atoms with Crippen molar-refractivity contribution < 1.29 is 9.47 Å². The van der Waals surface area contributed by atoms with Crippen LogP contribution in [0.4, 0.5) is 0 Å². The largest absolute Gasteiger partial charge is 0.493 e. The highest BCUT2D eigenvalue weighted by atomic mass is 16.5. The highest BCUT2D eigenvalue weighted by Gasteiger charge is 2.15. The standard InChI is InChI=1S/C18H28N6O2/c1-23(2)15(14-10-22-24(3)12-14)11-21-18(19)20-9-13-6-7-16(25-4)17(8-13)26-5/h6-8,10,12,15H,9,11H2,1-5H3,(H3,19,20,21). The summed E-state index contributed by atoms with van der Waals surface area (Å²) >= 11 is 0. The van der Waals surface area contributed by atoms with Gasteiger partial charge in [0.2, 0.25) is 0 Å². The first-order valence-electron chi connectivity index (χ1n) is 8.34. The monoisotopic (exact) mass is 360 g/mol. The number of nitrogens with two attached hydrogens (primary N) is 1. The molecule has 0 aliphatic heterocycles. The van der Waals surface area contributed by atoms with E-state index in [1.54, 1.807) is 18.9 Å². The Labute approximate surface area is 154 Å². The molecule has 1 atom stereocenters. The van der Waals surface area contributed by atoms with Crippen LogP contribution in [0, 0.1) is 0 Å². The molecule has 142 valence electrons. The second-order valence-electron chi connectivity index (χ2n) is 6.20. The van der Waals surface area contributed by atoms with Crippen molar-refractivity contribution in [2.45, 2.75) is 12.6 Å².